The predicted octanol–water partition coefficient (Wildman–Crippen LogP) is 4.19. The van der Waals surface area contributed by atoms with E-state index in [0.717, 1.165) is 24.3 Å². The second-order valence-electron chi connectivity index (χ2n) is 5.98. The number of hydrogen-bond acceptors (Lipinski definition) is 3. The lowest BCUT2D eigenvalue weighted by atomic mass is 9.99. The zero-order valence-electron chi connectivity index (χ0n) is 13.9. The lowest BCUT2D eigenvalue weighted by Crippen LogP contribution is -2.58. The molecule has 2 aromatic rings. The van der Waals surface area contributed by atoms with Crippen LogP contribution in [0.25, 0.3) is 11.1 Å². The molecule has 1 unspecified atom stereocenters. The minimum absolute atomic E-state index is 0.0487. The van der Waals surface area contributed by atoms with Crippen molar-refractivity contribution in [3.05, 3.63) is 65.3 Å². The highest BCUT2D eigenvalue weighted by Gasteiger charge is 2.48. The van der Waals surface area contributed by atoms with Crippen LogP contribution in [0.15, 0.2) is 48.7 Å². The number of nitrogens with zero attached hydrogens (tertiary/aromatic N) is 1. The summed E-state index contributed by atoms with van der Waals surface area (Å²) in [6.07, 6.45) is -0.741. The second kappa shape index (κ2) is 7.21. The monoisotopic (exact) mass is 399 g/mol. The number of carbonyl (C=O) groups is 1. The maximum absolute atomic E-state index is 13.7. The van der Waals surface area contributed by atoms with Gasteiger partial charge in [-0.15, -0.1) is 0 Å². The molecule has 0 aromatic heterocycles. The van der Waals surface area contributed by atoms with Gasteiger partial charge >= 0.3 is 0 Å². The summed E-state index contributed by atoms with van der Waals surface area (Å²) in [5.74, 6) is -2.40. The maximum atomic E-state index is 13.7. The molecule has 9 heteroatoms. The fourth-order valence-corrected chi connectivity index (χ4v) is 2.88. The Labute approximate surface area is 157 Å². The third-order valence-corrected chi connectivity index (χ3v) is 4.39. The van der Waals surface area contributed by atoms with Gasteiger partial charge in [0.1, 0.15) is 11.6 Å². The van der Waals surface area contributed by atoms with E-state index in [1.54, 1.807) is 0 Å². The van der Waals surface area contributed by atoms with Crippen LogP contribution in [0.3, 0.4) is 0 Å². The van der Waals surface area contributed by atoms with Crippen molar-refractivity contribution < 1.29 is 22.4 Å². The molecule has 0 fully saturated rings. The summed E-state index contributed by atoms with van der Waals surface area (Å²) in [7, 11) is 1.46. The summed E-state index contributed by atoms with van der Waals surface area (Å²) in [6.45, 7) is 0. The quantitative estimate of drug-likeness (QED) is 0.758. The van der Waals surface area contributed by atoms with Crippen LogP contribution in [0.2, 0.25) is 5.02 Å². The van der Waals surface area contributed by atoms with E-state index in [2.05, 4.69) is 10.7 Å². The first kappa shape index (κ1) is 19.2. The molecule has 0 saturated carbocycles. The van der Waals surface area contributed by atoms with Gasteiger partial charge in [-0.2, -0.15) is 0 Å². The fourth-order valence-electron chi connectivity index (χ4n) is 2.70. The maximum Gasteiger partial charge on any atom is 0.270 e. The van der Waals surface area contributed by atoms with Gasteiger partial charge in [-0.25, -0.2) is 23.0 Å². The number of rotatable bonds is 4. The number of anilines is 1. The van der Waals surface area contributed by atoms with E-state index in [-0.39, 0.29) is 10.7 Å². The Morgan fingerprint density at radius 3 is 2.56 bits per heavy atom. The highest BCUT2D eigenvalue weighted by molar-refractivity contribution is 6.31. The Hall–Kier alpha value is -2.58. The van der Waals surface area contributed by atoms with Crippen molar-refractivity contribution in [3.8, 4) is 11.1 Å². The van der Waals surface area contributed by atoms with Crippen molar-refractivity contribution in [2.24, 2.45) is 0 Å². The van der Waals surface area contributed by atoms with Crippen LogP contribution in [0.5, 0.6) is 0 Å². The predicted molar refractivity (Wildman–Crippen MR) is 94.2 cm³/mol. The van der Waals surface area contributed by atoms with Crippen molar-refractivity contribution in [2.75, 3.05) is 12.4 Å². The van der Waals surface area contributed by atoms with Crippen molar-refractivity contribution in [1.29, 1.82) is 0 Å². The summed E-state index contributed by atoms with van der Waals surface area (Å²) < 4.78 is 54.3. The average molecular weight is 400 g/mol. The summed E-state index contributed by atoms with van der Waals surface area (Å²) in [5, 5.41) is 3.39. The normalized spacial score (nSPS) is 19.0. The molecule has 0 spiro atoms. The van der Waals surface area contributed by atoms with Crippen molar-refractivity contribution in [3.63, 3.8) is 0 Å². The van der Waals surface area contributed by atoms with Gasteiger partial charge in [-0.3, -0.25) is 4.79 Å². The Bertz CT molecular complexity index is 921. The first-order valence-corrected chi connectivity index (χ1v) is 8.15. The molecule has 4 nitrogen and oxygen atoms in total. The zero-order valence-corrected chi connectivity index (χ0v) is 14.7. The molecule has 0 saturated heterocycles. The SMILES string of the molecule is CN1C=CC(C(=O)Nc2cc(F)ccc2-c2ccc(F)c(Cl)c2)(C(F)F)N1. The van der Waals surface area contributed by atoms with E-state index in [1.165, 1.54) is 36.5 Å². The van der Waals surface area contributed by atoms with Crippen LogP contribution in [0.4, 0.5) is 23.2 Å². The van der Waals surface area contributed by atoms with E-state index in [1.807, 2.05) is 0 Å². The number of hydrazine groups is 1. The molecule has 1 heterocycles. The number of carbonyl (C=O) groups excluding carboxylic acids is 1. The Kier molecular flexibility index (Phi) is 5.12. The molecule has 0 aliphatic carbocycles. The zero-order chi connectivity index (χ0) is 19.8. The topological polar surface area (TPSA) is 44.4 Å². The number of hydrogen-bond donors (Lipinski definition) is 2. The molecule has 1 atom stereocenters. The average Bonchev–Trinajstić information content (AvgIpc) is 3.01. The van der Waals surface area contributed by atoms with Crippen molar-refractivity contribution >= 4 is 23.2 Å². The van der Waals surface area contributed by atoms with E-state index < -0.39 is 29.5 Å². The number of alkyl halides is 2. The molecule has 2 N–H and O–H groups in total. The second-order valence-corrected chi connectivity index (χ2v) is 6.39. The van der Waals surface area contributed by atoms with Gasteiger partial charge in [0, 0.05) is 18.8 Å². The minimum Gasteiger partial charge on any atom is -0.323 e. The molecular formula is C18H14ClF4N3O. The molecule has 142 valence electrons. The molecule has 1 amide bonds. The van der Waals surface area contributed by atoms with Crippen LogP contribution >= 0.6 is 11.6 Å². The van der Waals surface area contributed by atoms with Gasteiger partial charge in [0.2, 0.25) is 0 Å². The Balaban J connectivity index is 1.99. The molecule has 0 bridgehead atoms. The van der Waals surface area contributed by atoms with Crippen molar-refractivity contribution in [2.45, 2.75) is 12.0 Å². The molecule has 0 radical (unpaired) electrons. The fraction of sp³-hybridized carbons (Fsp3) is 0.167. The van der Waals surface area contributed by atoms with Crippen LogP contribution in [-0.2, 0) is 4.79 Å². The van der Waals surface area contributed by atoms with E-state index >= 15 is 0 Å². The van der Waals surface area contributed by atoms with Crippen LogP contribution in [0, 0.1) is 11.6 Å². The van der Waals surface area contributed by atoms with Gasteiger partial charge in [0.25, 0.3) is 12.3 Å². The smallest absolute Gasteiger partial charge is 0.270 e. The lowest BCUT2D eigenvalue weighted by molar-refractivity contribution is -0.127. The van der Waals surface area contributed by atoms with Crippen LogP contribution in [-0.4, -0.2) is 29.9 Å². The van der Waals surface area contributed by atoms with Gasteiger partial charge in [0.05, 0.1) is 10.7 Å². The summed E-state index contributed by atoms with van der Waals surface area (Å²) in [5.41, 5.74) is 0.713. The third kappa shape index (κ3) is 3.63. The molecule has 1 aliphatic rings. The molecule has 3 rings (SSSR count). The lowest BCUT2D eigenvalue weighted by Gasteiger charge is -2.28. The Morgan fingerprint density at radius 1 is 1.22 bits per heavy atom. The van der Waals surface area contributed by atoms with Gasteiger partial charge < -0.3 is 10.3 Å². The Morgan fingerprint density at radius 2 is 1.96 bits per heavy atom. The van der Waals surface area contributed by atoms with E-state index in [9.17, 15) is 22.4 Å². The first-order valence-electron chi connectivity index (χ1n) is 7.77. The van der Waals surface area contributed by atoms with Crippen LogP contribution in [0.1, 0.15) is 0 Å². The molecule has 2 aromatic carbocycles. The first-order chi connectivity index (χ1) is 12.7. The van der Waals surface area contributed by atoms with E-state index in [0.29, 0.717) is 11.1 Å². The standard InChI is InChI=1S/C18H14ClF4N3O/c1-26-7-6-18(25-26,16(22)23)17(27)24-15-9-11(20)3-4-12(15)10-2-5-14(21)13(19)8-10/h2-9,16,25H,1H3,(H,24,27). The van der Waals surface area contributed by atoms with Crippen molar-refractivity contribution in [1.82, 2.24) is 10.4 Å². The number of halogens is 5. The summed E-state index contributed by atoms with van der Waals surface area (Å²) >= 11 is 5.78. The van der Waals surface area contributed by atoms with E-state index in [4.69, 9.17) is 11.6 Å². The number of nitrogens with one attached hydrogen (secondary N) is 2. The third-order valence-electron chi connectivity index (χ3n) is 4.10. The molecule has 27 heavy (non-hydrogen) atoms. The minimum atomic E-state index is -3.06. The molecular weight excluding hydrogens is 386 g/mol. The van der Waals surface area contributed by atoms with Gasteiger partial charge in [0.15, 0.2) is 5.54 Å². The summed E-state index contributed by atoms with van der Waals surface area (Å²) in [4.78, 5) is 12.6. The van der Waals surface area contributed by atoms with Crippen LogP contribution < -0.4 is 10.7 Å². The highest BCUT2D eigenvalue weighted by atomic mass is 35.5. The number of benzene rings is 2. The number of amides is 1. The largest absolute Gasteiger partial charge is 0.323 e. The summed E-state index contributed by atoms with van der Waals surface area (Å²) in [6, 6.07) is 7.26. The van der Waals surface area contributed by atoms with Gasteiger partial charge in [-0.05, 0) is 42.0 Å². The highest BCUT2D eigenvalue weighted by Crippen LogP contribution is 2.33. The molecule has 1 aliphatic heterocycles. The van der Waals surface area contributed by atoms with Gasteiger partial charge in [-0.1, -0.05) is 17.7 Å².